The van der Waals surface area contributed by atoms with E-state index >= 15 is 0 Å². The largest absolute Gasteiger partial charge is 0.439 e. The van der Waals surface area contributed by atoms with Gasteiger partial charge in [0.2, 0.25) is 11.8 Å². The molecular formula is C26H26N6O3. The molecule has 0 aliphatic carbocycles. The Balaban J connectivity index is 1.19. The molecule has 35 heavy (non-hydrogen) atoms. The molecule has 9 heteroatoms. The molecule has 1 amide bonds. The minimum atomic E-state index is -0.124. The highest BCUT2D eigenvalue weighted by molar-refractivity contribution is 5.78. The molecule has 0 saturated carbocycles. The van der Waals surface area contributed by atoms with E-state index in [4.69, 9.17) is 4.74 Å². The number of piperazine rings is 1. The van der Waals surface area contributed by atoms with Crippen molar-refractivity contribution in [3.8, 4) is 11.6 Å². The Bertz CT molecular complexity index is 1400. The molecule has 4 aromatic rings. The highest BCUT2D eigenvalue weighted by Crippen LogP contribution is 2.24. The smallest absolute Gasteiger partial charge is 0.261 e. The van der Waals surface area contributed by atoms with Crippen molar-refractivity contribution in [2.45, 2.75) is 19.9 Å². The van der Waals surface area contributed by atoms with Crippen molar-refractivity contribution in [3.63, 3.8) is 0 Å². The van der Waals surface area contributed by atoms with Crippen LogP contribution in [0.1, 0.15) is 12.2 Å². The molecule has 2 aromatic carbocycles. The van der Waals surface area contributed by atoms with Crippen LogP contribution in [0.3, 0.4) is 0 Å². The van der Waals surface area contributed by atoms with Crippen molar-refractivity contribution in [1.82, 2.24) is 24.4 Å². The van der Waals surface area contributed by atoms with Gasteiger partial charge < -0.3 is 14.5 Å². The average molecular weight is 471 g/mol. The van der Waals surface area contributed by atoms with Crippen LogP contribution in [0.25, 0.3) is 10.9 Å². The Labute approximate surface area is 202 Å². The number of nitrogens with zero attached hydrogens (tertiary/aromatic N) is 6. The van der Waals surface area contributed by atoms with Crippen molar-refractivity contribution in [1.29, 1.82) is 0 Å². The van der Waals surface area contributed by atoms with E-state index in [2.05, 4.69) is 19.9 Å². The third-order valence-corrected chi connectivity index (χ3v) is 6.02. The van der Waals surface area contributed by atoms with Gasteiger partial charge in [0.05, 0.1) is 17.2 Å². The molecule has 3 heterocycles. The Morgan fingerprint density at radius 3 is 2.51 bits per heavy atom. The second kappa shape index (κ2) is 9.92. The molecule has 0 radical (unpaired) electrons. The summed E-state index contributed by atoms with van der Waals surface area (Å²) in [6.07, 6.45) is 1.77. The maximum Gasteiger partial charge on any atom is 0.261 e. The molecular weight excluding hydrogens is 444 g/mol. The van der Waals surface area contributed by atoms with Gasteiger partial charge in [0.15, 0.2) is 0 Å². The van der Waals surface area contributed by atoms with E-state index in [1.165, 1.54) is 10.9 Å². The first kappa shape index (κ1) is 22.5. The van der Waals surface area contributed by atoms with Gasteiger partial charge in [-0.1, -0.05) is 30.3 Å². The summed E-state index contributed by atoms with van der Waals surface area (Å²) >= 11 is 0. The molecule has 0 bridgehead atoms. The summed E-state index contributed by atoms with van der Waals surface area (Å²) in [4.78, 5) is 42.7. The van der Waals surface area contributed by atoms with Gasteiger partial charge in [-0.15, -0.1) is 0 Å². The zero-order chi connectivity index (χ0) is 24.2. The topological polar surface area (TPSA) is 93.5 Å². The first-order valence-corrected chi connectivity index (χ1v) is 11.6. The lowest BCUT2D eigenvalue weighted by Gasteiger charge is -2.35. The first-order valence-electron chi connectivity index (χ1n) is 11.6. The highest BCUT2D eigenvalue weighted by Gasteiger charge is 2.23. The van der Waals surface area contributed by atoms with Gasteiger partial charge in [-0.05, 0) is 31.2 Å². The van der Waals surface area contributed by atoms with E-state index in [0.29, 0.717) is 61.1 Å². The minimum absolute atomic E-state index is 0.0247. The van der Waals surface area contributed by atoms with Crippen LogP contribution in [0.5, 0.6) is 11.6 Å². The Kier molecular flexibility index (Phi) is 6.38. The Hall–Kier alpha value is -4.27. The third-order valence-electron chi connectivity index (χ3n) is 6.02. The normalized spacial score (nSPS) is 13.7. The van der Waals surface area contributed by atoms with Crippen LogP contribution in [-0.2, 0) is 11.3 Å². The van der Waals surface area contributed by atoms with E-state index in [1.807, 2.05) is 66.4 Å². The molecule has 0 unspecified atom stereocenters. The number of fused-ring (bicyclic) bond motifs is 1. The number of carbonyl (C=O) groups excluding carboxylic acids is 1. The van der Waals surface area contributed by atoms with Crippen LogP contribution >= 0.6 is 0 Å². The molecule has 1 aliphatic heterocycles. The number of rotatable bonds is 6. The van der Waals surface area contributed by atoms with E-state index in [1.54, 1.807) is 6.07 Å². The van der Waals surface area contributed by atoms with Crippen molar-refractivity contribution in [2.75, 3.05) is 31.1 Å². The fraction of sp³-hybridized carbons (Fsp3) is 0.269. The maximum atomic E-state index is 12.8. The lowest BCUT2D eigenvalue weighted by molar-refractivity contribution is -0.131. The van der Waals surface area contributed by atoms with Crippen LogP contribution in [0.15, 0.2) is 71.8 Å². The summed E-state index contributed by atoms with van der Waals surface area (Å²) in [5.41, 5.74) is 0.536. The van der Waals surface area contributed by atoms with E-state index in [0.717, 1.165) is 5.82 Å². The van der Waals surface area contributed by atoms with Crippen LogP contribution in [-0.4, -0.2) is 56.5 Å². The summed E-state index contributed by atoms with van der Waals surface area (Å²) < 4.78 is 7.39. The van der Waals surface area contributed by atoms with Gasteiger partial charge >= 0.3 is 0 Å². The SMILES string of the molecule is Cc1nc(Oc2ccccc2)cc(N2CCN(C(=O)CCn3cnc4ccccc4c3=O)CC2)n1. The van der Waals surface area contributed by atoms with E-state index in [9.17, 15) is 9.59 Å². The quantitative estimate of drug-likeness (QED) is 0.428. The van der Waals surface area contributed by atoms with Crippen molar-refractivity contribution >= 4 is 22.6 Å². The molecule has 1 aliphatic rings. The monoisotopic (exact) mass is 470 g/mol. The lowest BCUT2D eigenvalue weighted by Crippen LogP contribution is -2.49. The minimum Gasteiger partial charge on any atom is -0.439 e. The highest BCUT2D eigenvalue weighted by atomic mass is 16.5. The lowest BCUT2D eigenvalue weighted by atomic mass is 10.2. The first-order chi connectivity index (χ1) is 17.1. The van der Waals surface area contributed by atoms with Crippen molar-refractivity contribution in [2.24, 2.45) is 0 Å². The average Bonchev–Trinajstić information content (AvgIpc) is 2.89. The number of aromatic nitrogens is 4. The summed E-state index contributed by atoms with van der Waals surface area (Å²) in [6, 6.07) is 18.6. The predicted octanol–water partition coefficient (Wildman–Crippen LogP) is 3.03. The molecule has 178 valence electrons. The fourth-order valence-electron chi connectivity index (χ4n) is 4.17. The molecule has 0 N–H and O–H groups in total. The van der Waals surface area contributed by atoms with Crippen LogP contribution in [0.4, 0.5) is 5.82 Å². The van der Waals surface area contributed by atoms with Crippen LogP contribution in [0.2, 0.25) is 0 Å². The van der Waals surface area contributed by atoms with Gasteiger partial charge in [0.1, 0.15) is 17.4 Å². The predicted molar refractivity (Wildman–Crippen MR) is 133 cm³/mol. The second-order valence-electron chi connectivity index (χ2n) is 8.40. The number of benzene rings is 2. The Morgan fingerprint density at radius 2 is 1.71 bits per heavy atom. The van der Waals surface area contributed by atoms with Gasteiger partial charge in [0, 0.05) is 45.2 Å². The zero-order valence-corrected chi connectivity index (χ0v) is 19.5. The van der Waals surface area contributed by atoms with E-state index < -0.39 is 0 Å². The van der Waals surface area contributed by atoms with Gasteiger partial charge in [0.25, 0.3) is 5.56 Å². The molecule has 1 saturated heterocycles. The third kappa shape index (κ3) is 5.13. The number of hydrogen-bond donors (Lipinski definition) is 0. The van der Waals surface area contributed by atoms with Gasteiger partial charge in [-0.2, -0.15) is 4.98 Å². The number of para-hydroxylation sites is 2. The molecule has 5 rings (SSSR count). The summed E-state index contributed by atoms with van der Waals surface area (Å²) in [5, 5.41) is 0.562. The maximum absolute atomic E-state index is 12.8. The number of anilines is 1. The summed E-state index contributed by atoms with van der Waals surface area (Å²) in [6.45, 7) is 4.63. The zero-order valence-electron chi connectivity index (χ0n) is 19.5. The van der Waals surface area contributed by atoms with E-state index in [-0.39, 0.29) is 17.9 Å². The molecule has 0 atom stereocenters. The molecule has 0 spiro atoms. The van der Waals surface area contributed by atoms with Crippen molar-refractivity contribution in [3.05, 3.63) is 83.2 Å². The van der Waals surface area contributed by atoms with Crippen LogP contribution in [0, 0.1) is 6.92 Å². The molecule has 2 aromatic heterocycles. The second-order valence-corrected chi connectivity index (χ2v) is 8.40. The summed E-state index contributed by atoms with van der Waals surface area (Å²) in [5.74, 6) is 2.64. The summed E-state index contributed by atoms with van der Waals surface area (Å²) in [7, 11) is 0. The number of carbonyl (C=O) groups is 1. The number of aryl methyl sites for hydroxylation is 2. The Morgan fingerprint density at radius 1 is 0.971 bits per heavy atom. The standard InChI is InChI=1S/C26H26N6O3/c1-19-28-23(17-24(29-19)35-20-7-3-2-4-8-20)30-13-15-31(16-14-30)25(33)11-12-32-18-27-22-10-6-5-9-21(22)26(32)34/h2-10,17-18H,11-16H2,1H3. The van der Waals surface area contributed by atoms with Gasteiger partial charge in [-0.3, -0.25) is 14.2 Å². The van der Waals surface area contributed by atoms with Crippen LogP contribution < -0.4 is 15.2 Å². The number of ether oxygens (including phenoxy) is 1. The number of hydrogen-bond acceptors (Lipinski definition) is 7. The van der Waals surface area contributed by atoms with Gasteiger partial charge in [-0.25, -0.2) is 9.97 Å². The van der Waals surface area contributed by atoms with Crippen molar-refractivity contribution < 1.29 is 9.53 Å². The molecule has 1 fully saturated rings. The number of amides is 1. The fourth-order valence-corrected chi connectivity index (χ4v) is 4.17. The molecule has 9 nitrogen and oxygen atoms in total.